The van der Waals surface area contributed by atoms with E-state index in [1.165, 1.54) is 13.8 Å². The maximum Gasteiger partial charge on any atom is 0.217 e. The number of hydrogen-bond donors (Lipinski definition) is 2. The molecule has 1 aromatic rings. The molecule has 0 aromatic heterocycles. The Morgan fingerprint density at radius 2 is 1.42 bits per heavy atom. The number of rotatable bonds is 5. The Kier molecular flexibility index (Phi) is 7.92. The van der Waals surface area contributed by atoms with Crippen LogP contribution in [0.15, 0.2) is 18.2 Å². The SMILES string of the molecule is CC(=O)NCc1cc([C-]=O)cc(CNC(C)=O)c1.[W]. The first-order valence-corrected chi connectivity index (χ1v) is 5.51. The summed E-state index contributed by atoms with van der Waals surface area (Å²) in [5, 5.41) is 5.30. The van der Waals surface area contributed by atoms with E-state index in [-0.39, 0.29) is 32.9 Å². The second kappa shape index (κ2) is 8.59. The number of amides is 2. The molecule has 0 saturated heterocycles. The van der Waals surface area contributed by atoms with Gasteiger partial charge in [-0.25, -0.2) is 0 Å². The first-order valence-electron chi connectivity index (χ1n) is 5.51. The summed E-state index contributed by atoms with van der Waals surface area (Å²) in [5.74, 6) is -0.280. The molecular formula is C13H15N2O3W-. The van der Waals surface area contributed by atoms with Crippen molar-refractivity contribution >= 4 is 18.1 Å². The van der Waals surface area contributed by atoms with Crippen molar-refractivity contribution in [1.82, 2.24) is 10.6 Å². The Bertz CT molecular complexity index is 439. The summed E-state index contributed by atoms with van der Waals surface area (Å²) in [5.41, 5.74) is 2.00. The largest absolute Gasteiger partial charge is 0.376 e. The van der Waals surface area contributed by atoms with E-state index in [2.05, 4.69) is 10.6 Å². The van der Waals surface area contributed by atoms with Crippen molar-refractivity contribution in [3.63, 3.8) is 0 Å². The third-order valence-corrected chi connectivity index (χ3v) is 2.25. The summed E-state index contributed by atoms with van der Waals surface area (Å²) >= 11 is 0. The van der Waals surface area contributed by atoms with Crippen LogP contribution >= 0.6 is 0 Å². The molecule has 0 heterocycles. The molecule has 0 aliphatic rings. The number of carbonyl (C=O) groups excluding carboxylic acids is 3. The van der Waals surface area contributed by atoms with Crippen molar-refractivity contribution in [3.8, 4) is 0 Å². The van der Waals surface area contributed by atoms with Crippen molar-refractivity contribution in [2.75, 3.05) is 0 Å². The molecule has 0 unspecified atom stereocenters. The molecule has 1 aromatic carbocycles. The van der Waals surface area contributed by atoms with Gasteiger partial charge >= 0.3 is 0 Å². The van der Waals surface area contributed by atoms with Gasteiger partial charge in [-0.2, -0.15) is 17.7 Å². The maximum atomic E-state index is 10.8. The van der Waals surface area contributed by atoms with Crippen molar-refractivity contribution < 1.29 is 35.4 Å². The molecule has 0 radical (unpaired) electrons. The zero-order chi connectivity index (χ0) is 13.5. The standard InChI is InChI=1S/C13H15N2O3.W/c1-9(17)14-6-11-3-12(7-15-10(2)18)5-13(4-11)8-16;/h3-5H,6-7H2,1-2H3,(H,14,17)(H,15,18);/q-1;. The summed E-state index contributed by atoms with van der Waals surface area (Å²) < 4.78 is 0. The van der Waals surface area contributed by atoms with Crippen LogP contribution in [0.25, 0.3) is 0 Å². The quantitative estimate of drug-likeness (QED) is 0.664. The predicted molar refractivity (Wildman–Crippen MR) is 66.3 cm³/mol. The molecule has 0 saturated carbocycles. The molecular weight excluding hydrogens is 416 g/mol. The molecule has 1 rings (SSSR count). The smallest absolute Gasteiger partial charge is 0.217 e. The molecule has 19 heavy (non-hydrogen) atoms. The second-order valence-corrected chi connectivity index (χ2v) is 3.96. The van der Waals surface area contributed by atoms with Crippen LogP contribution in [0.3, 0.4) is 0 Å². The number of carbonyl (C=O) groups is 2. The average Bonchev–Trinajstić information content (AvgIpc) is 2.33. The van der Waals surface area contributed by atoms with E-state index in [4.69, 9.17) is 0 Å². The van der Waals surface area contributed by atoms with E-state index in [0.29, 0.717) is 18.7 Å². The molecule has 5 nitrogen and oxygen atoms in total. The molecule has 2 amide bonds. The van der Waals surface area contributed by atoms with Gasteiger partial charge in [0.25, 0.3) is 0 Å². The van der Waals surface area contributed by atoms with Crippen molar-refractivity contribution in [3.05, 3.63) is 34.9 Å². The van der Waals surface area contributed by atoms with Gasteiger partial charge in [-0.05, 0) is 0 Å². The minimum absolute atomic E-state index is 0. The fourth-order valence-corrected chi connectivity index (χ4v) is 1.48. The summed E-state index contributed by atoms with van der Waals surface area (Å²) in [6, 6.07) is 5.13. The maximum absolute atomic E-state index is 10.8. The van der Waals surface area contributed by atoms with Crippen molar-refractivity contribution in [2.24, 2.45) is 0 Å². The molecule has 0 atom stereocenters. The topological polar surface area (TPSA) is 75.3 Å². The molecule has 0 fully saturated rings. The summed E-state index contributed by atoms with van der Waals surface area (Å²) in [6.07, 6.45) is 1.81. The van der Waals surface area contributed by atoms with E-state index in [1.807, 2.05) is 12.4 Å². The molecule has 6 heteroatoms. The minimum atomic E-state index is -0.140. The summed E-state index contributed by atoms with van der Waals surface area (Å²) in [7, 11) is 0. The van der Waals surface area contributed by atoms with E-state index in [0.717, 1.165) is 11.1 Å². The normalized spacial score (nSPS) is 9.16. The zero-order valence-electron chi connectivity index (χ0n) is 10.8. The number of hydrogen-bond acceptors (Lipinski definition) is 3. The fourth-order valence-electron chi connectivity index (χ4n) is 1.48. The monoisotopic (exact) mass is 431 g/mol. The Morgan fingerprint density at radius 3 is 1.74 bits per heavy atom. The van der Waals surface area contributed by atoms with Crippen molar-refractivity contribution in [2.45, 2.75) is 26.9 Å². The van der Waals surface area contributed by atoms with E-state index in [1.54, 1.807) is 12.1 Å². The van der Waals surface area contributed by atoms with Crippen LogP contribution in [0.4, 0.5) is 0 Å². The number of nitrogens with one attached hydrogen (secondary N) is 2. The van der Waals surface area contributed by atoms with Gasteiger partial charge in [-0.3, -0.25) is 9.59 Å². The molecule has 0 aliphatic heterocycles. The minimum Gasteiger partial charge on any atom is -0.376 e. The third-order valence-electron chi connectivity index (χ3n) is 2.25. The Labute approximate surface area is 126 Å². The van der Waals surface area contributed by atoms with E-state index >= 15 is 0 Å². The average molecular weight is 431 g/mol. The van der Waals surface area contributed by atoms with E-state index < -0.39 is 0 Å². The zero-order valence-corrected chi connectivity index (χ0v) is 13.7. The summed E-state index contributed by atoms with van der Waals surface area (Å²) in [4.78, 5) is 32.3. The fraction of sp³-hybridized carbons (Fsp3) is 0.308. The van der Waals surface area contributed by atoms with Gasteiger partial charge in [0.1, 0.15) is 0 Å². The molecule has 102 valence electrons. The van der Waals surface area contributed by atoms with Gasteiger partial charge in [-0.15, -0.1) is 0 Å². The van der Waals surface area contributed by atoms with Crippen LogP contribution in [-0.2, 0) is 48.5 Å². The van der Waals surface area contributed by atoms with Gasteiger partial charge in [0.2, 0.25) is 11.8 Å². The molecule has 0 bridgehead atoms. The van der Waals surface area contributed by atoms with Gasteiger partial charge in [0.15, 0.2) is 0 Å². The first-order chi connectivity index (χ1) is 8.51. The Morgan fingerprint density at radius 1 is 1.00 bits per heavy atom. The molecule has 2 N–H and O–H groups in total. The molecule has 0 aliphatic carbocycles. The van der Waals surface area contributed by atoms with Crippen LogP contribution in [0.2, 0.25) is 0 Å². The van der Waals surface area contributed by atoms with Crippen LogP contribution in [0, 0.1) is 0 Å². The van der Waals surface area contributed by atoms with Gasteiger partial charge in [-0.1, -0.05) is 17.2 Å². The predicted octanol–water partition coefficient (Wildman–Crippen LogP) is 0.414. The third kappa shape index (κ3) is 6.87. The van der Waals surface area contributed by atoms with Gasteiger partial charge in [0.05, 0.1) is 6.29 Å². The summed E-state index contributed by atoms with van der Waals surface area (Å²) in [6.45, 7) is 3.54. The number of benzene rings is 1. The van der Waals surface area contributed by atoms with Crippen LogP contribution in [0.5, 0.6) is 0 Å². The van der Waals surface area contributed by atoms with Crippen LogP contribution < -0.4 is 10.6 Å². The van der Waals surface area contributed by atoms with Crippen LogP contribution in [-0.4, -0.2) is 18.1 Å². The van der Waals surface area contributed by atoms with Gasteiger partial charge in [0, 0.05) is 48.0 Å². The van der Waals surface area contributed by atoms with Gasteiger partial charge < -0.3 is 15.4 Å². The Hall–Kier alpha value is -1.48. The van der Waals surface area contributed by atoms with Crippen LogP contribution in [0.1, 0.15) is 30.5 Å². The first kappa shape index (κ1) is 17.5. The Balaban J connectivity index is 0.00000324. The van der Waals surface area contributed by atoms with Crippen molar-refractivity contribution in [1.29, 1.82) is 0 Å². The van der Waals surface area contributed by atoms with E-state index in [9.17, 15) is 14.4 Å². The molecule has 0 spiro atoms. The second-order valence-electron chi connectivity index (χ2n) is 3.96.